The van der Waals surface area contributed by atoms with E-state index in [1.165, 1.54) is 18.3 Å². The van der Waals surface area contributed by atoms with Crippen molar-refractivity contribution in [3.05, 3.63) is 69.3 Å². The monoisotopic (exact) mass is 327 g/mol. The maximum Gasteiger partial charge on any atom is 0.277 e. The lowest BCUT2D eigenvalue weighted by Crippen LogP contribution is -2.24. The lowest BCUT2D eigenvalue weighted by molar-refractivity contribution is -0.384. The molecule has 2 aromatic rings. The Morgan fingerprint density at radius 3 is 2.75 bits per heavy atom. The van der Waals surface area contributed by atoms with Crippen molar-refractivity contribution in [1.29, 1.82) is 0 Å². The Labute approximate surface area is 139 Å². The number of nitro benzene ring substituents is 1. The molecule has 1 amide bonds. The second-order valence-corrected chi connectivity index (χ2v) is 5.18. The van der Waals surface area contributed by atoms with Crippen LogP contribution in [0.2, 0.25) is 0 Å². The molecule has 0 spiro atoms. The Balaban J connectivity index is 1.85. The maximum atomic E-state index is 11.7. The third-order valence-corrected chi connectivity index (χ3v) is 3.33. The van der Waals surface area contributed by atoms with Gasteiger partial charge in [-0.2, -0.15) is 5.10 Å². The molecule has 0 atom stereocenters. The van der Waals surface area contributed by atoms with Gasteiger partial charge in [-0.1, -0.05) is 18.2 Å². The summed E-state index contributed by atoms with van der Waals surface area (Å²) in [5.74, 6) is 0.186. The van der Waals surface area contributed by atoms with Crippen molar-refractivity contribution >= 4 is 17.8 Å². The van der Waals surface area contributed by atoms with Crippen LogP contribution in [-0.4, -0.2) is 23.7 Å². The number of ether oxygens (including phenoxy) is 1. The van der Waals surface area contributed by atoms with E-state index in [2.05, 4.69) is 10.5 Å². The molecule has 2 rings (SSSR count). The van der Waals surface area contributed by atoms with Crippen molar-refractivity contribution < 1.29 is 14.5 Å². The molecule has 0 aliphatic carbocycles. The number of hydrogen-bond acceptors (Lipinski definition) is 5. The first-order valence-electron chi connectivity index (χ1n) is 7.22. The van der Waals surface area contributed by atoms with Gasteiger partial charge in [0.05, 0.1) is 11.1 Å². The Morgan fingerprint density at radius 2 is 2.04 bits per heavy atom. The number of amides is 1. The van der Waals surface area contributed by atoms with Gasteiger partial charge >= 0.3 is 0 Å². The molecule has 1 N–H and O–H groups in total. The van der Waals surface area contributed by atoms with Crippen LogP contribution in [0, 0.1) is 24.0 Å². The lowest BCUT2D eigenvalue weighted by Gasteiger charge is -2.07. The van der Waals surface area contributed by atoms with Crippen LogP contribution < -0.4 is 10.2 Å². The van der Waals surface area contributed by atoms with Crippen LogP contribution in [0.3, 0.4) is 0 Å². The normalized spacial score (nSPS) is 10.6. The van der Waals surface area contributed by atoms with E-state index >= 15 is 0 Å². The Kier molecular flexibility index (Phi) is 5.62. The van der Waals surface area contributed by atoms with Crippen molar-refractivity contribution in [2.24, 2.45) is 5.10 Å². The molecule has 2 aromatic carbocycles. The summed E-state index contributed by atoms with van der Waals surface area (Å²) < 4.78 is 5.38. The van der Waals surface area contributed by atoms with Crippen LogP contribution >= 0.6 is 0 Å². The molecule has 7 nitrogen and oxygen atoms in total. The summed E-state index contributed by atoms with van der Waals surface area (Å²) in [6.07, 6.45) is 1.33. The van der Waals surface area contributed by atoms with Crippen molar-refractivity contribution in [1.82, 2.24) is 5.43 Å². The van der Waals surface area contributed by atoms with Crippen LogP contribution in [-0.2, 0) is 4.79 Å². The van der Waals surface area contributed by atoms with E-state index in [0.717, 1.165) is 11.1 Å². The van der Waals surface area contributed by atoms with Gasteiger partial charge in [-0.3, -0.25) is 14.9 Å². The minimum Gasteiger partial charge on any atom is -0.484 e. The number of non-ortho nitro benzene ring substituents is 1. The third kappa shape index (κ3) is 4.91. The van der Waals surface area contributed by atoms with Crippen molar-refractivity contribution in [3.8, 4) is 5.75 Å². The van der Waals surface area contributed by atoms with Gasteiger partial charge in [0.15, 0.2) is 6.61 Å². The zero-order valence-electron chi connectivity index (χ0n) is 13.4. The smallest absolute Gasteiger partial charge is 0.277 e. The van der Waals surface area contributed by atoms with Gasteiger partial charge in [0.1, 0.15) is 5.75 Å². The van der Waals surface area contributed by atoms with Crippen molar-refractivity contribution in [3.63, 3.8) is 0 Å². The molecule has 0 bridgehead atoms. The summed E-state index contributed by atoms with van der Waals surface area (Å²) in [7, 11) is 0. The highest BCUT2D eigenvalue weighted by molar-refractivity contribution is 5.83. The Bertz CT molecular complexity index is 787. The zero-order chi connectivity index (χ0) is 17.5. The molecule has 0 aromatic heterocycles. The van der Waals surface area contributed by atoms with E-state index in [4.69, 9.17) is 4.74 Å². The number of nitro groups is 1. The fourth-order valence-electron chi connectivity index (χ4n) is 1.88. The first-order valence-corrected chi connectivity index (χ1v) is 7.22. The quantitative estimate of drug-likeness (QED) is 0.501. The molecule has 0 saturated heterocycles. The van der Waals surface area contributed by atoms with Crippen LogP contribution in [0.1, 0.15) is 16.7 Å². The minimum absolute atomic E-state index is 0.0386. The van der Waals surface area contributed by atoms with E-state index in [1.807, 2.05) is 26.0 Å². The number of carbonyl (C=O) groups is 1. The molecule has 0 aliphatic rings. The molecule has 0 heterocycles. The average Bonchev–Trinajstić information content (AvgIpc) is 2.56. The SMILES string of the molecule is Cc1ccc(OCC(=O)N/N=C/c2cccc([N+](=O)[O-])c2)cc1C. The van der Waals surface area contributed by atoms with Gasteiger partial charge in [-0.25, -0.2) is 5.43 Å². The summed E-state index contributed by atoms with van der Waals surface area (Å²) in [5.41, 5.74) is 5.01. The largest absolute Gasteiger partial charge is 0.484 e. The minimum atomic E-state index is -0.493. The van der Waals surface area contributed by atoms with Gasteiger partial charge in [0.2, 0.25) is 0 Å². The fraction of sp³-hybridized carbons (Fsp3) is 0.176. The van der Waals surface area contributed by atoms with Gasteiger partial charge in [-0.15, -0.1) is 0 Å². The second kappa shape index (κ2) is 7.87. The van der Waals surface area contributed by atoms with E-state index in [0.29, 0.717) is 11.3 Å². The number of nitrogens with one attached hydrogen (secondary N) is 1. The highest BCUT2D eigenvalue weighted by Crippen LogP contribution is 2.16. The summed E-state index contributed by atoms with van der Waals surface area (Å²) in [5, 5.41) is 14.4. The summed E-state index contributed by atoms with van der Waals surface area (Å²) in [6, 6.07) is 11.5. The van der Waals surface area contributed by atoms with Crippen LogP contribution in [0.25, 0.3) is 0 Å². The molecule has 0 saturated carbocycles. The highest BCUT2D eigenvalue weighted by Gasteiger charge is 2.05. The number of nitrogens with zero attached hydrogens (tertiary/aromatic N) is 2. The van der Waals surface area contributed by atoms with E-state index in [-0.39, 0.29) is 12.3 Å². The summed E-state index contributed by atoms with van der Waals surface area (Å²) in [6.45, 7) is 3.79. The molecule has 0 radical (unpaired) electrons. The molecule has 0 fully saturated rings. The Hall–Kier alpha value is -3.22. The van der Waals surface area contributed by atoms with Crippen LogP contribution in [0.5, 0.6) is 5.75 Å². The number of aryl methyl sites for hydroxylation is 2. The number of benzene rings is 2. The molecule has 124 valence electrons. The number of hydrogen-bond donors (Lipinski definition) is 1. The Morgan fingerprint density at radius 1 is 1.25 bits per heavy atom. The van der Waals surface area contributed by atoms with Gasteiger partial charge in [0.25, 0.3) is 11.6 Å². The van der Waals surface area contributed by atoms with E-state index in [9.17, 15) is 14.9 Å². The molecular weight excluding hydrogens is 310 g/mol. The number of hydrazone groups is 1. The molecule has 0 unspecified atom stereocenters. The summed E-state index contributed by atoms with van der Waals surface area (Å²) in [4.78, 5) is 21.9. The summed E-state index contributed by atoms with van der Waals surface area (Å²) >= 11 is 0. The number of carbonyl (C=O) groups excluding carboxylic acids is 1. The molecule has 0 aliphatic heterocycles. The highest BCUT2D eigenvalue weighted by atomic mass is 16.6. The predicted molar refractivity (Wildman–Crippen MR) is 90.2 cm³/mol. The first-order chi connectivity index (χ1) is 11.5. The topological polar surface area (TPSA) is 93.8 Å². The fourth-order valence-corrected chi connectivity index (χ4v) is 1.88. The van der Waals surface area contributed by atoms with Crippen molar-refractivity contribution in [2.75, 3.05) is 6.61 Å². The second-order valence-electron chi connectivity index (χ2n) is 5.18. The molecule has 7 heteroatoms. The zero-order valence-corrected chi connectivity index (χ0v) is 13.4. The predicted octanol–water partition coefficient (Wildman–Crippen LogP) is 2.74. The van der Waals surface area contributed by atoms with Gasteiger partial charge in [0, 0.05) is 17.7 Å². The standard InChI is InChI=1S/C17H17N3O4/c1-12-6-7-16(8-13(12)2)24-11-17(21)19-18-10-14-4-3-5-15(9-14)20(22)23/h3-10H,11H2,1-2H3,(H,19,21)/b18-10+. The van der Waals surface area contributed by atoms with Crippen molar-refractivity contribution in [2.45, 2.75) is 13.8 Å². The first kappa shape index (κ1) is 17.1. The molecule has 24 heavy (non-hydrogen) atoms. The lowest BCUT2D eigenvalue weighted by atomic mass is 10.1. The van der Waals surface area contributed by atoms with E-state index < -0.39 is 10.8 Å². The molecular formula is C17H17N3O4. The average molecular weight is 327 g/mol. The van der Waals surface area contributed by atoms with Crippen LogP contribution in [0.15, 0.2) is 47.6 Å². The van der Waals surface area contributed by atoms with Crippen LogP contribution in [0.4, 0.5) is 5.69 Å². The van der Waals surface area contributed by atoms with E-state index in [1.54, 1.807) is 18.2 Å². The maximum absolute atomic E-state index is 11.7. The van der Waals surface area contributed by atoms with Gasteiger partial charge < -0.3 is 4.74 Å². The number of rotatable bonds is 6. The third-order valence-electron chi connectivity index (χ3n) is 3.33. The van der Waals surface area contributed by atoms with Gasteiger partial charge in [-0.05, 0) is 37.1 Å².